The van der Waals surface area contributed by atoms with Crippen LogP contribution in [0.2, 0.25) is 0 Å². The van der Waals surface area contributed by atoms with Gasteiger partial charge in [-0.25, -0.2) is 4.79 Å². The van der Waals surface area contributed by atoms with E-state index in [1.54, 1.807) is 0 Å². The normalized spacial score (nSPS) is 14.9. The van der Waals surface area contributed by atoms with E-state index in [1.807, 2.05) is 146 Å². The molecule has 3 amide bonds. The number of ether oxygens (including phenoxy) is 5. The number of nitrogens with two attached hydrogens (primary N) is 1. The summed E-state index contributed by atoms with van der Waals surface area (Å²) in [5.74, 6) is 0.148. The lowest BCUT2D eigenvalue weighted by Gasteiger charge is -2.28. The molecule has 5 aliphatic heterocycles. The van der Waals surface area contributed by atoms with E-state index in [4.69, 9.17) is 25.1 Å². The average molecular weight is 1700 g/mol. The topological polar surface area (TPSA) is 348 Å². The number of aryl methyl sites for hydroxylation is 10. The number of nitrogens with one attached hydrogen (secondary N) is 4. The number of amides is 3. The zero-order chi connectivity index (χ0) is 87.5. The molecular formula is C93H127BrN10O15. The molecule has 5 aromatic carbocycles. The molecule has 5 aliphatic rings. The van der Waals surface area contributed by atoms with Crippen LogP contribution in [-0.2, 0) is 57.4 Å². The molecule has 3 aromatic heterocycles. The van der Waals surface area contributed by atoms with Crippen LogP contribution in [0.15, 0.2) is 95.8 Å². The van der Waals surface area contributed by atoms with Crippen molar-refractivity contribution < 1.29 is 67.5 Å². The number of benzene rings is 5. The molecule has 8 heterocycles. The van der Waals surface area contributed by atoms with Gasteiger partial charge in [0, 0.05) is 122 Å². The Kier molecular flexibility index (Phi) is 36.7. The molecule has 0 bridgehead atoms. The fourth-order valence-corrected chi connectivity index (χ4v) is 15.2. The van der Waals surface area contributed by atoms with Crippen molar-refractivity contribution in [1.29, 1.82) is 0 Å². The summed E-state index contributed by atoms with van der Waals surface area (Å²) in [4.78, 5) is 99.3. The Hall–Kier alpha value is -10.0. The number of H-pyrrole nitrogens is 4. The second kappa shape index (κ2) is 45.4. The fraction of sp³-hybridized carbons (Fsp3) is 0.505. The van der Waals surface area contributed by atoms with Crippen molar-refractivity contribution in [3.63, 3.8) is 0 Å². The molecule has 0 radical (unpaired) electrons. The van der Waals surface area contributed by atoms with Gasteiger partial charge in [0.15, 0.2) is 5.78 Å². The quantitative estimate of drug-likeness (QED) is 0.0109. The first-order chi connectivity index (χ1) is 56.4. The lowest BCUT2D eigenvalue weighted by Crippen LogP contribution is -2.42. The number of hydrogen-bond donors (Lipinski definition) is 7. The van der Waals surface area contributed by atoms with Gasteiger partial charge in [0.1, 0.15) is 19.1 Å². The number of aliphatic hydroxyl groups excluding tert-OH is 2. The monoisotopic (exact) mass is 1700 g/mol. The van der Waals surface area contributed by atoms with E-state index in [9.17, 15) is 43.5 Å². The highest BCUT2D eigenvalue weighted by atomic mass is 79.9. The van der Waals surface area contributed by atoms with Crippen molar-refractivity contribution in [2.45, 2.75) is 188 Å². The Balaban J connectivity index is 0.000000200. The van der Waals surface area contributed by atoms with E-state index in [2.05, 4.69) is 126 Å². The van der Waals surface area contributed by atoms with Gasteiger partial charge in [-0.3, -0.25) is 54.0 Å². The minimum absolute atomic E-state index is 0.00376. The minimum Gasteiger partial charge on any atom is -0.475 e. The zero-order valence-electron chi connectivity index (χ0n) is 73.0. The predicted octanol–water partition coefficient (Wildman–Crippen LogP) is 14.5. The maximum Gasteiger partial charge on any atom is 0.337 e. The number of aromatic amines is 4. The summed E-state index contributed by atoms with van der Waals surface area (Å²) in [6.45, 7) is 39.1. The number of alkyl halides is 1. The molecule has 13 rings (SSSR count). The molecule has 26 heteroatoms. The van der Waals surface area contributed by atoms with Crippen molar-refractivity contribution in [3.05, 3.63) is 185 Å². The van der Waals surface area contributed by atoms with Gasteiger partial charge in [0.25, 0.3) is 5.56 Å². The predicted molar refractivity (Wildman–Crippen MR) is 468 cm³/mol. The second-order valence-corrected chi connectivity index (χ2v) is 34.2. The van der Waals surface area contributed by atoms with E-state index < -0.39 is 16.7 Å². The van der Waals surface area contributed by atoms with Crippen LogP contribution >= 0.6 is 15.9 Å². The SMILES string of the molecule is CC(C)(CBr)C(=O)N1CCCC1.COC(=O)c1cc(C)cc(C)c1.Cc1cc(C)cc(-c2[nH][nH]c(=O)c2CCO)c1.Cc1cc(C)cc(-c2[nH]nc(OCC(C)(C)C(=O)N3CCCC3)c2CCN)c1.Cc1cc(C)cc(-c2[nH]nc(OCC(C)(C)C(=O)N3CCCC3)c2CCO)c1.Cc1cc(C)cc(C(=O)C2CCOC2=O)c1.O=C1CCCO1. The van der Waals surface area contributed by atoms with Crippen LogP contribution < -0.4 is 20.8 Å². The Morgan fingerprint density at radius 3 is 1.17 bits per heavy atom. The maximum absolute atomic E-state index is 12.8. The van der Waals surface area contributed by atoms with Gasteiger partial charge in [-0.15, -0.1) is 10.2 Å². The third-order valence-electron chi connectivity index (χ3n) is 20.8. The van der Waals surface area contributed by atoms with Crippen LogP contribution in [0.4, 0.5) is 0 Å². The van der Waals surface area contributed by atoms with E-state index >= 15 is 0 Å². The number of carbonyl (C=O) groups excluding carboxylic acids is 7. The number of likely N-dealkylation sites (tertiary alicyclic amines) is 3. The Bertz CT molecular complexity index is 4550. The van der Waals surface area contributed by atoms with Crippen LogP contribution in [-0.4, -0.2) is 195 Å². The van der Waals surface area contributed by atoms with Crippen molar-refractivity contribution in [2.75, 3.05) is 97.9 Å². The van der Waals surface area contributed by atoms with Crippen molar-refractivity contribution in [3.8, 4) is 45.5 Å². The molecule has 0 aliphatic carbocycles. The van der Waals surface area contributed by atoms with E-state index in [0.29, 0.717) is 80.3 Å². The van der Waals surface area contributed by atoms with E-state index in [1.165, 1.54) is 42.2 Å². The Morgan fingerprint density at radius 1 is 0.479 bits per heavy atom. The first-order valence-electron chi connectivity index (χ1n) is 41.4. The van der Waals surface area contributed by atoms with Gasteiger partial charge in [-0.05, 0) is 216 Å². The number of methoxy groups -OCH3 is 1. The highest BCUT2D eigenvalue weighted by molar-refractivity contribution is 9.09. The molecule has 0 saturated carbocycles. The number of aromatic nitrogens is 6. The summed E-state index contributed by atoms with van der Waals surface area (Å²) in [6.07, 6.45) is 10.2. The summed E-state index contributed by atoms with van der Waals surface area (Å²) in [6, 6.07) is 30.1. The maximum atomic E-state index is 12.8. The highest BCUT2D eigenvalue weighted by Gasteiger charge is 2.38. The highest BCUT2D eigenvalue weighted by Crippen LogP contribution is 2.35. The molecule has 5 saturated heterocycles. The number of ketones is 1. The molecule has 0 spiro atoms. The van der Waals surface area contributed by atoms with Gasteiger partial charge in [0.2, 0.25) is 29.5 Å². The molecule has 119 heavy (non-hydrogen) atoms. The lowest BCUT2D eigenvalue weighted by molar-refractivity contribution is -0.141. The van der Waals surface area contributed by atoms with Crippen molar-refractivity contribution >= 4 is 57.3 Å². The summed E-state index contributed by atoms with van der Waals surface area (Å²) < 4.78 is 26.0. The first-order valence-corrected chi connectivity index (χ1v) is 42.5. The molecule has 1 atom stereocenters. The van der Waals surface area contributed by atoms with E-state index in [0.717, 1.165) is 155 Å². The minimum atomic E-state index is -0.625. The summed E-state index contributed by atoms with van der Waals surface area (Å²) in [7, 11) is 1.39. The number of rotatable bonds is 22. The number of aliphatic hydroxyl groups is 2. The third kappa shape index (κ3) is 28.3. The molecule has 8 aromatic rings. The number of nitrogens with zero attached hydrogens (tertiary/aromatic N) is 5. The van der Waals surface area contributed by atoms with Crippen molar-refractivity contribution in [2.24, 2.45) is 27.9 Å². The molecule has 646 valence electrons. The largest absolute Gasteiger partial charge is 0.475 e. The molecule has 5 fully saturated rings. The lowest BCUT2D eigenvalue weighted by atomic mass is 9.93. The number of carbonyl (C=O) groups is 7. The number of esters is 3. The third-order valence-corrected chi connectivity index (χ3v) is 22.2. The van der Waals surface area contributed by atoms with Gasteiger partial charge in [-0.2, -0.15) is 0 Å². The average Bonchev–Trinajstić information content (AvgIpc) is 1.67. The van der Waals surface area contributed by atoms with Crippen molar-refractivity contribution in [1.82, 2.24) is 45.3 Å². The summed E-state index contributed by atoms with van der Waals surface area (Å²) in [5.41, 5.74) is 24.8. The summed E-state index contributed by atoms with van der Waals surface area (Å²) in [5, 5.41) is 39.7. The molecule has 8 N–H and O–H groups in total. The number of hydrogen-bond acceptors (Lipinski definition) is 18. The Labute approximate surface area is 710 Å². The van der Waals surface area contributed by atoms with Crippen LogP contribution in [0.3, 0.4) is 0 Å². The van der Waals surface area contributed by atoms with Crippen LogP contribution in [0.25, 0.3) is 33.8 Å². The summed E-state index contributed by atoms with van der Waals surface area (Å²) >= 11 is 3.37. The van der Waals surface area contributed by atoms with Gasteiger partial charge in [0.05, 0.1) is 59.2 Å². The van der Waals surface area contributed by atoms with Gasteiger partial charge in [-0.1, -0.05) is 116 Å². The number of Topliss-reactive ketones (excluding diaryl/α,β-unsaturated/α-hetero) is 1. The Morgan fingerprint density at radius 2 is 0.840 bits per heavy atom. The molecule has 1 unspecified atom stereocenters. The molecule has 25 nitrogen and oxygen atoms in total. The van der Waals surface area contributed by atoms with Crippen LogP contribution in [0, 0.1) is 91.4 Å². The molecular weight excluding hydrogens is 1580 g/mol. The zero-order valence-corrected chi connectivity index (χ0v) is 74.6. The first kappa shape index (κ1) is 96.1. The van der Waals surface area contributed by atoms with Gasteiger partial charge < -0.3 is 54.3 Å². The standard InChI is InChI=1S/C22H32N4O2.C22H31N3O3.C13H16N2O2.C13H14O3.C10H12O2.C9H16BrNO.C4H6O2/c1-15-11-16(2)13-17(12-15)19-18(7-8-23)20(25-24-19)28-14-22(3,4)21(27)26-9-5-6-10-26;1-15-11-16(2)13-17(12-15)19-18(7-10-26)20(24-23-19)28-14-22(3,4)21(27)25-8-5-6-9-25;1-8-5-9(2)7-10(6-8)12-11(3-4-16)13(17)15-14-12;1-8-5-9(2)7-10(6-8)12(14)11-3-4-16-13(11)15;1-7-4-8(2)6-9(5-7)10(11)12-3;1-9(2,7-10)8(12)11-5-3-4-6-11;5-4-2-1-3-6-4/h11-13H,5-10,14,23H2,1-4H3,(H,24,25);11-13,26H,5-10,14H2,1-4H3,(H,23,24);5-7,16H,3-4H2,1-2H3,(H2,14,15,17);5-7,11H,3-4H2,1-2H3;4-6H,1-3H3;3-7H2,1-2H3;1-3H2. The van der Waals surface area contributed by atoms with Crippen LogP contribution in [0.5, 0.6) is 11.8 Å². The van der Waals surface area contributed by atoms with Crippen LogP contribution in [0.1, 0.15) is 192 Å². The fourth-order valence-electron chi connectivity index (χ4n) is 14.9. The number of halogens is 1. The van der Waals surface area contributed by atoms with E-state index in [-0.39, 0.29) is 78.8 Å². The smallest absolute Gasteiger partial charge is 0.337 e. The number of cyclic esters (lactones) is 2. The van der Waals surface area contributed by atoms with Gasteiger partial charge >= 0.3 is 17.9 Å². The second-order valence-electron chi connectivity index (χ2n) is 33.6.